The third-order valence-corrected chi connectivity index (χ3v) is 6.31. The largest absolute Gasteiger partial charge is 0.480 e. The predicted molar refractivity (Wildman–Crippen MR) is 90.0 cm³/mol. The van der Waals surface area contributed by atoms with Crippen molar-refractivity contribution < 1.29 is 14.7 Å². The van der Waals surface area contributed by atoms with Gasteiger partial charge in [0, 0.05) is 5.92 Å². The van der Waals surface area contributed by atoms with Crippen molar-refractivity contribution in [1.29, 1.82) is 0 Å². The molecule has 2 aliphatic rings. The van der Waals surface area contributed by atoms with E-state index in [2.05, 4.69) is 5.32 Å². The van der Waals surface area contributed by atoms with Crippen molar-refractivity contribution in [1.82, 2.24) is 5.32 Å². The zero-order valence-electron chi connectivity index (χ0n) is 13.6. The van der Waals surface area contributed by atoms with Crippen LogP contribution in [0.15, 0.2) is 0 Å². The molecule has 126 valence electrons. The van der Waals surface area contributed by atoms with Gasteiger partial charge in [0.1, 0.15) is 5.54 Å². The summed E-state index contributed by atoms with van der Waals surface area (Å²) < 4.78 is 0. The normalized spacial score (nSPS) is 23.7. The van der Waals surface area contributed by atoms with Gasteiger partial charge in [0.2, 0.25) is 5.91 Å². The number of carbonyl (C=O) groups excluding carboxylic acids is 1. The highest BCUT2D eigenvalue weighted by atomic mass is 32.2. The van der Waals surface area contributed by atoms with E-state index < -0.39 is 11.5 Å². The van der Waals surface area contributed by atoms with Crippen molar-refractivity contribution in [2.24, 2.45) is 11.8 Å². The molecule has 22 heavy (non-hydrogen) atoms. The van der Waals surface area contributed by atoms with Crippen LogP contribution in [0.3, 0.4) is 0 Å². The van der Waals surface area contributed by atoms with Crippen LogP contribution in [0.1, 0.15) is 64.7 Å². The zero-order chi connectivity index (χ0) is 16.0. The zero-order valence-corrected chi connectivity index (χ0v) is 14.4. The smallest absolute Gasteiger partial charge is 0.329 e. The number of aliphatic carboxylic acids is 1. The van der Waals surface area contributed by atoms with E-state index in [1.165, 1.54) is 32.1 Å². The molecular formula is C17H29NO3S. The molecule has 2 N–H and O–H groups in total. The van der Waals surface area contributed by atoms with Crippen LogP contribution in [0.4, 0.5) is 0 Å². The number of carboxylic acid groups (broad SMARTS) is 1. The first kappa shape index (κ1) is 17.6. The SMILES string of the molecule is CCC(CC1CCCCC1)C(=O)NC1(C(=O)O)CCSCC1. The van der Waals surface area contributed by atoms with Gasteiger partial charge >= 0.3 is 5.97 Å². The number of rotatable bonds is 6. The van der Waals surface area contributed by atoms with E-state index in [-0.39, 0.29) is 11.8 Å². The molecule has 1 aliphatic carbocycles. The summed E-state index contributed by atoms with van der Waals surface area (Å²) in [5.74, 6) is 1.33. The van der Waals surface area contributed by atoms with E-state index in [1.807, 2.05) is 6.92 Å². The summed E-state index contributed by atoms with van der Waals surface area (Å²) in [6.07, 6.45) is 9.13. The van der Waals surface area contributed by atoms with Gasteiger partial charge in [-0.1, -0.05) is 39.0 Å². The second kappa shape index (κ2) is 8.23. The predicted octanol–water partition coefficient (Wildman–Crippen LogP) is 3.45. The Morgan fingerprint density at radius 3 is 2.41 bits per heavy atom. The fourth-order valence-corrected chi connectivity index (χ4v) is 4.92. The van der Waals surface area contributed by atoms with Gasteiger partial charge in [-0.3, -0.25) is 4.79 Å². The van der Waals surface area contributed by atoms with Crippen molar-refractivity contribution >= 4 is 23.6 Å². The second-order valence-electron chi connectivity index (χ2n) is 6.83. The fourth-order valence-electron chi connectivity index (χ4n) is 3.73. The third-order valence-electron chi connectivity index (χ3n) is 5.32. The number of carbonyl (C=O) groups is 2. The standard InChI is InChI=1S/C17H29NO3S/c1-2-14(12-13-6-4-3-5-7-13)15(19)18-17(16(20)21)8-10-22-11-9-17/h13-14H,2-12H2,1H3,(H,18,19)(H,20,21). The lowest BCUT2D eigenvalue weighted by atomic mass is 9.81. The van der Waals surface area contributed by atoms with E-state index in [9.17, 15) is 14.7 Å². The van der Waals surface area contributed by atoms with Crippen LogP contribution in [0.2, 0.25) is 0 Å². The summed E-state index contributed by atoms with van der Waals surface area (Å²) in [4.78, 5) is 24.3. The van der Waals surface area contributed by atoms with Crippen LogP contribution in [-0.4, -0.2) is 34.0 Å². The third kappa shape index (κ3) is 4.40. The number of carboxylic acids is 1. The van der Waals surface area contributed by atoms with Crippen molar-refractivity contribution in [2.45, 2.75) is 70.3 Å². The Kier molecular flexibility index (Phi) is 6.60. The summed E-state index contributed by atoms with van der Waals surface area (Å²) in [6, 6.07) is 0. The van der Waals surface area contributed by atoms with Gasteiger partial charge in [-0.15, -0.1) is 0 Å². The maximum absolute atomic E-state index is 12.6. The molecule has 4 nitrogen and oxygen atoms in total. The topological polar surface area (TPSA) is 66.4 Å². The Morgan fingerprint density at radius 1 is 1.23 bits per heavy atom. The number of thioether (sulfide) groups is 1. The molecule has 0 radical (unpaired) electrons. The summed E-state index contributed by atoms with van der Waals surface area (Å²) in [6.45, 7) is 2.04. The van der Waals surface area contributed by atoms with Crippen LogP contribution in [-0.2, 0) is 9.59 Å². The Morgan fingerprint density at radius 2 is 1.86 bits per heavy atom. The highest BCUT2D eigenvalue weighted by molar-refractivity contribution is 7.99. The van der Waals surface area contributed by atoms with Gasteiger partial charge < -0.3 is 10.4 Å². The molecule has 0 spiro atoms. The highest BCUT2D eigenvalue weighted by Gasteiger charge is 2.42. The quantitative estimate of drug-likeness (QED) is 0.784. The average molecular weight is 327 g/mol. The van der Waals surface area contributed by atoms with Gasteiger partial charge in [0.25, 0.3) is 0 Å². The molecule has 0 aromatic rings. The van der Waals surface area contributed by atoms with Crippen LogP contribution in [0.25, 0.3) is 0 Å². The van der Waals surface area contributed by atoms with Gasteiger partial charge in [-0.2, -0.15) is 11.8 Å². The maximum atomic E-state index is 12.6. The fraction of sp³-hybridized carbons (Fsp3) is 0.882. The van der Waals surface area contributed by atoms with Gasteiger partial charge in [-0.25, -0.2) is 4.79 Å². The molecule has 1 saturated carbocycles. The Hall–Kier alpha value is -0.710. The van der Waals surface area contributed by atoms with Crippen molar-refractivity contribution in [3.8, 4) is 0 Å². The van der Waals surface area contributed by atoms with Crippen LogP contribution in [0, 0.1) is 11.8 Å². The monoisotopic (exact) mass is 327 g/mol. The number of hydrogen-bond acceptors (Lipinski definition) is 3. The minimum Gasteiger partial charge on any atom is -0.480 e. The summed E-state index contributed by atoms with van der Waals surface area (Å²) in [5.41, 5.74) is -1.03. The lowest BCUT2D eigenvalue weighted by Gasteiger charge is -2.35. The van der Waals surface area contributed by atoms with E-state index in [1.54, 1.807) is 11.8 Å². The number of hydrogen-bond donors (Lipinski definition) is 2. The van der Waals surface area contributed by atoms with E-state index in [0.717, 1.165) is 24.3 Å². The number of nitrogens with one attached hydrogen (secondary N) is 1. The van der Waals surface area contributed by atoms with E-state index >= 15 is 0 Å². The molecule has 0 aromatic carbocycles. The van der Waals surface area contributed by atoms with Crippen molar-refractivity contribution in [2.75, 3.05) is 11.5 Å². The lowest BCUT2D eigenvalue weighted by molar-refractivity contribution is -0.149. The van der Waals surface area contributed by atoms with E-state index in [0.29, 0.717) is 18.8 Å². The first-order valence-corrected chi connectivity index (χ1v) is 9.86. The Balaban J connectivity index is 1.96. The number of amides is 1. The molecule has 1 atom stereocenters. The van der Waals surface area contributed by atoms with Crippen LogP contribution >= 0.6 is 11.8 Å². The molecule has 1 amide bonds. The second-order valence-corrected chi connectivity index (χ2v) is 8.06. The van der Waals surface area contributed by atoms with Crippen LogP contribution < -0.4 is 5.32 Å². The Bertz CT molecular complexity index is 387. The minimum atomic E-state index is -1.03. The van der Waals surface area contributed by atoms with Crippen LogP contribution in [0.5, 0.6) is 0 Å². The molecule has 2 fully saturated rings. The van der Waals surface area contributed by atoms with Crippen molar-refractivity contribution in [3.63, 3.8) is 0 Å². The molecule has 1 heterocycles. The summed E-state index contributed by atoms with van der Waals surface area (Å²) in [7, 11) is 0. The first-order valence-electron chi connectivity index (χ1n) is 8.70. The van der Waals surface area contributed by atoms with Gasteiger partial charge in [-0.05, 0) is 43.1 Å². The summed E-state index contributed by atoms with van der Waals surface area (Å²) >= 11 is 1.77. The molecular weight excluding hydrogens is 298 g/mol. The Labute approximate surface area is 137 Å². The first-order chi connectivity index (χ1) is 10.6. The van der Waals surface area contributed by atoms with E-state index in [4.69, 9.17) is 0 Å². The molecule has 2 rings (SSSR count). The molecule has 1 unspecified atom stereocenters. The summed E-state index contributed by atoms with van der Waals surface area (Å²) in [5, 5.41) is 12.5. The molecule has 1 saturated heterocycles. The molecule has 1 aliphatic heterocycles. The van der Waals surface area contributed by atoms with Gasteiger partial charge in [0.15, 0.2) is 0 Å². The molecule has 0 aromatic heterocycles. The minimum absolute atomic E-state index is 0.0334. The highest BCUT2D eigenvalue weighted by Crippen LogP contribution is 2.32. The molecule has 5 heteroatoms. The average Bonchev–Trinajstić information content (AvgIpc) is 2.54. The van der Waals surface area contributed by atoms with Gasteiger partial charge in [0.05, 0.1) is 0 Å². The molecule has 0 bridgehead atoms. The lowest BCUT2D eigenvalue weighted by Crippen LogP contribution is -2.57. The van der Waals surface area contributed by atoms with Crippen molar-refractivity contribution in [3.05, 3.63) is 0 Å². The maximum Gasteiger partial charge on any atom is 0.329 e.